The summed E-state index contributed by atoms with van der Waals surface area (Å²) in [5.74, 6) is 0.921. The van der Waals surface area contributed by atoms with Gasteiger partial charge in [0.2, 0.25) is 11.7 Å². The normalized spacial score (nSPS) is 13.1. The first-order chi connectivity index (χ1) is 12.1. The molecule has 126 valence electrons. The van der Waals surface area contributed by atoms with Crippen LogP contribution in [0.1, 0.15) is 11.5 Å². The summed E-state index contributed by atoms with van der Waals surface area (Å²) in [6, 6.07) is 12.2. The molecule has 0 bridgehead atoms. The molecule has 1 aliphatic rings. The smallest absolute Gasteiger partial charge is 0.269 e. The van der Waals surface area contributed by atoms with Crippen molar-refractivity contribution in [1.29, 1.82) is 0 Å². The van der Waals surface area contributed by atoms with Crippen molar-refractivity contribution in [2.24, 2.45) is 0 Å². The van der Waals surface area contributed by atoms with Crippen LogP contribution in [0.15, 0.2) is 47.0 Å². The van der Waals surface area contributed by atoms with Gasteiger partial charge in [0.05, 0.1) is 16.5 Å². The number of rotatable bonds is 4. The number of aromatic nitrogens is 2. The lowest BCUT2D eigenvalue weighted by Gasteiger charge is -2.16. The first kappa shape index (κ1) is 15.6. The quantitative estimate of drug-likeness (QED) is 0.521. The third kappa shape index (κ3) is 2.94. The maximum Gasteiger partial charge on any atom is 0.269 e. The minimum absolute atomic E-state index is 0.111. The monoisotopic (exact) mass is 356 g/mol. The number of benzene rings is 2. The minimum atomic E-state index is -0.378. The molecular formula is C17H13ClN4O3. The van der Waals surface area contributed by atoms with E-state index in [1.54, 1.807) is 18.2 Å². The Morgan fingerprint density at radius 1 is 1.28 bits per heavy atom. The van der Waals surface area contributed by atoms with Gasteiger partial charge in [0.15, 0.2) is 0 Å². The van der Waals surface area contributed by atoms with E-state index < -0.39 is 0 Å². The Bertz CT molecular complexity index is 957. The van der Waals surface area contributed by atoms with Crippen LogP contribution in [-0.4, -0.2) is 21.6 Å². The molecule has 8 heteroatoms. The molecule has 0 N–H and O–H groups in total. The molecule has 0 saturated heterocycles. The molecule has 25 heavy (non-hydrogen) atoms. The number of non-ortho nitro benzene ring substituents is 1. The molecule has 2 aromatic carbocycles. The van der Waals surface area contributed by atoms with E-state index in [1.807, 2.05) is 18.2 Å². The molecule has 3 aromatic rings. The van der Waals surface area contributed by atoms with Crippen molar-refractivity contribution in [3.8, 4) is 11.4 Å². The van der Waals surface area contributed by atoms with Gasteiger partial charge in [-0.3, -0.25) is 10.1 Å². The van der Waals surface area contributed by atoms with Crippen LogP contribution in [-0.2, 0) is 13.0 Å². The van der Waals surface area contributed by atoms with Gasteiger partial charge in [-0.25, -0.2) is 0 Å². The molecule has 0 unspecified atom stereocenters. The first-order valence-electron chi connectivity index (χ1n) is 7.71. The average molecular weight is 357 g/mol. The predicted molar refractivity (Wildman–Crippen MR) is 92.6 cm³/mol. The second-order valence-electron chi connectivity index (χ2n) is 5.73. The number of fused-ring (bicyclic) bond motifs is 1. The molecule has 0 radical (unpaired) electrons. The van der Waals surface area contributed by atoms with Crippen LogP contribution in [0.3, 0.4) is 0 Å². The zero-order valence-corrected chi connectivity index (χ0v) is 13.8. The molecule has 1 aliphatic heterocycles. The van der Waals surface area contributed by atoms with Gasteiger partial charge in [0.1, 0.15) is 0 Å². The van der Waals surface area contributed by atoms with E-state index in [0.717, 1.165) is 29.8 Å². The number of nitro benzene ring substituents is 1. The first-order valence-corrected chi connectivity index (χ1v) is 8.09. The van der Waals surface area contributed by atoms with Gasteiger partial charge in [-0.05, 0) is 30.2 Å². The van der Waals surface area contributed by atoms with Crippen molar-refractivity contribution in [2.45, 2.75) is 13.0 Å². The zero-order chi connectivity index (χ0) is 17.4. The SMILES string of the molecule is O=[N+]([O-])c1ccc2c(c1)CCN2Cc1nc(-c2ccccc2Cl)no1. The lowest BCUT2D eigenvalue weighted by molar-refractivity contribution is -0.384. The van der Waals surface area contributed by atoms with E-state index >= 15 is 0 Å². The van der Waals surface area contributed by atoms with Gasteiger partial charge in [-0.15, -0.1) is 0 Å². The Hall–Kier alpha value is -2.93. The van der Waals surface area contributed by atoms with Crippen LogP contribution in [0.4, 0.5) is 11.4 Å². The standard InChI is InChI=1S/C17H13ClN4O3/c18-14-4-2-1-3-13(14)17-19-16(25-20-17)10-21-8-7-11-9-12(22(23)24)5-6-15(11)21/h1-6,9H,7-8,10H2. The van der Waals surface area contributed by atoms with Crippen LogP contribution in [0.2, 0.25) is 5.02 Å². The van der Waals surface area contributed by atoms with E-state index in [2.05, 4.69) is 15.0 Å². The van der Waals surface area contributed by atoms with Crippen molar-refractivity contribution in [3.05, 3.63) is 69.1 Å². The number of anilines is 1. The number of nitro groups is 1. The van der Waals surface area contributed by atoms with Crippen molar-refractivity contribution in [2.75, 3.05) is 11.4 Å². The van der Waals surface area contributed by atoms with Crippen molar-refractivity contribution in [1.82, 2.24) is 10.1 Å². The van der Waals surface area contributed by atoms with Crippen molar-refractivity contribution < 1.29 is 9.45 Å². The van der Waals surface area contributed by atoms with E-state index in [-0.39, 0.29) is 10.6 Å². The van der Waals surface area contributed by atoms with Crippen LogP contribution >= 0.6 is 11.6 Å². The van der Waals surface area contributed by atoms with Crippen molar-refractivity contribution in [3.63, 3.8) is 0 Å². The Labute approximate surface area is 148 Å². The lowest BCUT2D eigenvalue weighted by Crippen LogP contribution is -2.19. The zero-order valence-electron chi connectivity index (χ0n) is 13.1. The summed E-state index contributed by atoms with van der Waals surface area (Å²) >= 11 is 6.16. The summed E-state index contributed by atoms with van der Waals surface area (Å²) in [7, 11) is 0. The molecule has 1 aromatic heterocycles. The Morgan fingerprint density at radius 2 is 2.12 bits per heavy atom. The topological polar surface area (TPSA) is 85.3 Å². The van der Waals surface area contributed by atoms with E-state index in [0.29, 0.717) is 23.3 Å². The van der Waals surface area contributed by atoms with Gasteiger partial charge < -0.3 is 9.42 Å². The molecule has 0 spiro atoms. The van der Waals surface area contributed by atoms with E-state index in [4.69, 9.17) is 16.1 Å². The highest BCUT2D eigenvalue weighted by Crippen LogP contribution is 2.32. The van der Waals surface area contributed by atoms with E-state index in [1.165, 1.54) is 6.07 Å². The van der Waals surface area contributed by atoms with Crippen LogP contribution < -0.4 is 4.90 Å². The van der Waals surface area contributed by atoms with E-state index in [9.17, 15) is 10.1 Å². The molecule has 0 atom stereocenters. The lowest BCUT2D eigenvalue weighted by atomic mass is 10.1. The molecule has 0 amide bonds. The fourth-order valence-corrected chi connectivity index (χ4v) is 3.19. The maximum absolute atomic E-state index is 10.9. The second kappa shape index (κ2) is 6.18. The Kier molecular flexibility index (Phi) is 3.85. The van der Waals surface area contributed by atoms with Crippen LogP contribution in [0, 0.1) is 10.1 Å². The van der Waals surface area contributed by atoms with Gasteiger partial charge in [0, 0.05) is 29.9 Å². The number of hydrogen-bond acceptors (Lipinski definition) is 6. The van der Waals surface area contributed by atoms with Gasteiger partial charge >= 0.3 is 0 Å². The van der Waals surface area contributed by atoms with Gasteiger partial charge in [-0.2, -0.15) is 4.98 Å². The highest BCUT2D eigenvalue weighted by atomic mass is 35.5. The second-order valence-corrected chi connectivity index (χ2v) is 6.14. The fraction of sp³-hybridized carbons (Fsp3) is 0.176. The molecule has 0 saturated carbocycles. The molecule has 0 fully saturated rings. The Morgan fingerprint density at radius 3 is 2.92 bits per heavy atom. The maximum atomic E-state index is 10.9. The third-order valence-electron chi connectivity index (χ3n) is 4.17. The molecule has 4 rings (SSSR count). The van der Waals surface area contributed by atoms with Crippen LogP contribution in [0.25, 0.3) is 11.4 Å². The third-order valence-corrected chi connectivity index (χ3v) is 4.50. The summed E-state index contributed by atoms with van der Waals surface area (Å²) < 4.78 is 5.34. The molecule has 7 nitrogen and oxygen atoms in total. The van der Waals surface area contributed by atoms with Gasteiger partial charge in [-0.1, -0.05) is 28.9 Å². The fourth-order valence-electron chi connectivity index (χ4n) is 2.97. The summed E-state index contributed by atoms with van der Waals surface area (Å²) in [6.45, 7) is 1.20. The minimum Gasteiger partial charge on any atom is -0.362 e. The number of hydrogen-bond donors (Lipinski definition) is 0. The van der Waals surface area contributed by atoms with Gasteiger partial charge in [0.25, 0.3) is 5.69 Å². The average Bonchev–Trinajstić information content (AvgIpc) is 3.23. The Balaban J connectivity index is 1.55. The molecule has 0 aliphatic carbocycles. The largest absolute Gasteiger partial charge is 0.362 e. The summed E-state index contributed by atoms with van der Waals surface area (Å²) in [5, 5.41) is 15.4. The highest BCUT2D eigenvalue weighted by Gasteiger charge is 2.23. The van der Waals surface area contributed by atoms with Crippen LogP contribution in [0.5, 0.6) is 0 Å². The highest BCUT2D eigenvalue weighted by molar-refractivity contribution is 6.33. The summed E-state index contributed by atoms with van der Waals surface area (Å²) in [6.07, 6.45) is 0.753. The number of halogens is 1. The number of nitrogens with zero attached hydrogens (tertiary/aromatic N) is 4. The molecular weight excluding hydrogens is 344 g/mol. The summed E-state index contributed by atoms with van der Waals surface area (Å²) in [4.78, 5) is 17.0. The summed E-state index contributed by atoms with van der Waals surface area (Å²) in [5.41, 5.74) is 2.75. The predicted octanol–water partition coefficient (Wildman–Crippen LogP) is 3.86. The molecule has 2 heterocycles. The van der Waals surface area contributed by atoms with Crippen molar-refractivity contribution >= 4 is 23.0 Å².